The van der Waals surface area contributed by atoms with Crippen LogP contribution < -0.4 is 0 Å². The normalized spacial score (nSPS) is 13.0. The highest BCUT2D eigenvalue weighted by Gasteiger charge is 2.16. The molecule has 1 rings (SSSR count). The van der Waals surface area contributed by atoms with Crippen molar-refractivity contribution in [2.45, 2.75) is 39.7 Å². The Kier molecular flexibility index (Phi) is 5.31. The van der Waals surface area contributed by atoms with E-state index in [4.69, 9.17) is 0 Å². The highest BCUT2D eigenvalue weighted by Crippen LogP contribution is 2.25. The van der Waals surface area contributed by atoms with Gasteiger partial charge in [-0.05, 0) is 50.0 Å². The van der Waals surface area contributed by atoms with E-state index in [-0.39, 0.29) is 0 Å². The van der Waals surface area contributed by atoms with Gasteiger partial charge in [-0.3, -0.25) is 0 Å². The maximum Gasteiger partial charge on any atom is 0.0840 e. The van der Waals surface area contributed by atoms with Crippen LogP contribution in [0, 0.1) is 0 Å². The molecule has 19 heavy (non-hydrogen) atoms. The lowest BCUT2D eigenvalue weighted by molar-refractivity contribution is 0.0786. The predicted octanol–water partition coefficient (Wildman–Crippen LogP) is 4.84. The topological polar surface area (TPSA) is 20.2 Å². The third kappa shape index (κ3) is 4.88. The molecule has 0 heterocycles. The Hall–Kier alpha value is -1.60. The molecule has 0 amide bonds. The monoisotopic (exact) mass is 256 g/mol. The van der Waals surface area contributed by atoms with Crippen molar-refractivity contribution in [3.8, 4) is 0 Å². The van der Waals surface area contributed by atoms with Gasteiger partial charge in [0.2, 0.25) is 0 Å². The summed E-state index contributed by atoms with van der Waals surface area (Å²) in [7, 11) is 0. The van der Waals surface area contributed by atoms with Gasteiger partial charge in [0.25, 0.3) is 0 Å². The number of rotatable bonds is 5. The molecule has 1 aromatic rings. The van der Waals surface area contributed by atoms with Gasteiger partial charge in [0.1, 0.15) is 0 Å². The second-order valence-electron chi connectivity index (χ2n) is 5.39. The van der Waals surface area contributed by atoms with E-state index in [0.717, 1.165) is 28.7 Å². The fourth-order valence-electron chi connectivity index (χ4n) is 1.81. The summed E-state index contributed by atoms with van der Waals surface area (Å²) in [5.74, 6) is 0. The van der Waals surface area contributed by atoms with Gasteiger partial charge in [-0.2, -0.15) is 0 Å². The number of allylic oxidation sites excluding steroid dienone is 5. The lowest BCUT2D eigenvalue weighted by atomic mass is 9.93. The Bertz CT molecular complexity index is 499. The van der Waals surface area contributed by atoms with Crippen molar-refractivity contribution in [3.63, 3.8) is 0 Å². The molecule has 0 atom stereocenters. The molecule has 1 aromatic carbocycles. The van der Waals surface area contributed by atoms with E-state index in [0.29, 0.717) is 0 Å². The molecule has 0 bridgehead atoms. The summed E-state index contributed by atoms with van der Waals surface area (Å²) in [4.78, 5) is 0. The molecule has 0 aliphatic rings. The zero-order valence-electron chi connectivity index (χ0n) is 12.4. The van der Waals surface area contributed by atoms with Gasteiger partial charge >= 0.3 is 0 Å². The first-order chi connectivity index (χ1) is 8.84. The second kappa shape index (κ2) is 6.53. The van der Waals surface area contributed by atoms with E-state index in [1.54, 1.807) is 13.8 Å². The molecule has 1 nitrogen and oxygen atoms in total. The summed E-state index contributed by atoms with van der Waals surface area (Å²) in [6.45, 7) is 11.6. The van der Waals surface area contributed by atoms with E-state index in [1.807, 2.05) is 31.2 Å². The average Bonchev–Trinajstić information content (AvgIpc) is 2.33. The Morgan fingerprint density at radius 2 is 2.00 bits per heavy atom. The van der Waals surface area contributed by atoms with Crippen molar-refractivity contribution >= 4 is 5.57 Å². The van der Waals surface area contributed by atoms with Crippen LogP contribution in [0.2, 0.25) is 0 Å². The van der Waals surface area contributed by atoms with E-state index in [9.17, 15) is 5.11 Å². The Labute approximate surface area is 117 Å². The Balaban J connectivity index is 3.18. The third-order valence-electron chi connectivity index (χ3n) is 2.87. The molecule has 0 saturated heterocycles. The zero-order chi connectivity index (χ0) is 14.5. The molecule has 1 heteroatoms. The standard InChI is InChI=1S/C18H24O/c1-6-8-15(12-11-14(2)3)16-9-7-10-17(13-16)18(4,5)19/h7-13,19H,2,6H2,1,3-5H3/b12-11-,15-8+. The second-order valence-corrected chi connectivity index (χ2v) is 5.39. The van der Waals surface area contributed by atoms with Crippen molar-refractivity contribution in [2.24, 2.45) is 0 Å². The Morgan fingerprint density at radius 3 is 2.53 bits per heavy atom. The molecule has 0 aliphatic carbocycles. The van der Waals surface area contributed by atoms with Crippen LogP contribution in [-0.4, -0.2) is 5.11 Å². The largest absolute Gasteiger partial charge is 0.386 e. The van der Waals surface area contributed by atoms with Crippen LogP contribution >= 0.6 is 0 Å². The van der Waals surface area contributed by atoms with E-state index in [2.05, 4.69) is 31.7 Å². The number of hydrogen-bond acceptors (Lipinski definition) is 1. The van der Waals surface area contributed by atoms with Gasteiger partial charge in [-0.15, -0.1) is 0 Å². The minimum Gasteiger partial charge on any atom is -0.386 e. The molecule has 0 saturated carbocycles. The van der Waals surface area contributed by atoms with Crippen LogP contribution in [0.4, 0.5) is 0 Å². The molecule has 0 spiro atoms. The molecular formula is C18H24O. The molecule has 0 fully saturated rings. The van der Waals surface area contributed by atoms with Gasteiger partial charge in [0.15, 0.2) is 0 Å². The van der Waals surface area contributed by atoms with Crippen LogP contribution in [0.1, 0.15) is 45.2 Å². The van der Waals surface area contributed by atoms with Crippen molar-refractivity contribution < 1.29 is 5.11 Å². The molecule has 0 aliphatic heterocycles. The van der Waals surface area contributed by atoms with Crippen LogP contribution in [-0.2, 0) is 5.60 Å². The minimum absolute atomic E-state index is 0.814. The van der Waals surface area contributed by atoms with Gasteiger partial charge in [-0.25, -0.2) is 0 Å². The van der Waals surface area contributed by atoms with Crippen molar-refractivity contribution in [1.29, 1.82) is 0 Å². The first-order valence-corrected chi connectivity index (χ1v) is 6.71. The van der Waals surface area contributed by atoms with Crippen LogP contribution in [0.15, 0.2) is 54.6 Å². The molecule has 0 radical (unpaired) electrons. The van der Waals surface area contributed by atoms with Gasteiger partial charge in [-0.1, -0.05) is 55.5 Å². The van der Waals surface area contributed by atoms with Gasteiger partial charge < -0.3 is 5.11 Å². The fourth-order valence-corrected chi connectivity index (χ4v) is 1.81. The molecule has 1 N–H and O–H groups in total. The third-order valence-corrected chi connectivity index (χ3v) is 2.87. The van der Waals surface area contributed by atoms with Gasteiger partial charge in [0.05, 0.1) is 5.60 Å². The summed E-state index contributed by atoms with van der Waals surface area (Å²) >= 11 is 0. The lowest BCUT2D eigenvalue weighted by Gasteiger charge is -2.18. The number of aliphatic hydroxyl groups is 1. The first-order valence-electron chi connectivity index (χ1n) is 6.71. The van der Waals surface area contributed by atoms with Crippen molar-refractivity contribution in [2.75, 3.05) is 0 Å². The average molecular weight is 256 g/mol. The highest BCUT2D eigenvalue weighted by molar-refractivity contribution is 5.74. The summed E-state index contributed by atoms with van der Waals surface area (Å²) in [5, 5.41) is 10.1. The molecule has 0 aromatic heterocycles. The van der Waals surface area contributed by atoms with E-state index < -0.39 is 5.60 Å². The quantitative estimate of drug-likeness (QED) is 0.747. The van der Waals surface area contributed by atoms with E-state index >= 15 is 0 Å². The maximum absolute atomic E-state index is 10.1. The summed E-state index contributed by atoms with van der Waals surface area (Å²) < 4.78 is 0. The summed E-state index contributed by atoms with van der Waals surface area (Å²) in [6.07, 6.45) is 7.25. The summed E-state index contributed by atoms with van der Waals surface area (Å²) in [5.41, 5.74) is 3.43. The Morgan fingerprint density at radius 1 is 1.32 bits per heavy atom. The predicted molar refractivity (Wildman–Crippen MR) is 83.9 cm³/mol. The highest BCUT2D eigenvalue weighted by atomic mass is 16.3. The smallest absolute Gasteiger partial charge is 0.0840 e. The molecule has 102 valence electrons. The van der Waals surface area contributed by atoms with Crippen LogP contribution in [0.5, 0.6) is 0 Å². The van der Waals surface area contributed by atoms with Crippen LogP contribution in [0.3, 0.4) is 0 Å². The minimum atomic E-state index is -0.814. The van der Waals surface area contributed by atoms with Crippen molar-refractivity contribution in [1.82, 2.24) is 0 Å². The lowest BCUT2D eigenvalue weighted by Crippen LogP contribution is -2.15. The summed E-state index contributed by atoms with van der Waals surface area (Å²) in [6, 6.07) is 8.06. The van der Waals surface area contributed by atoms with E-state index in [1.165, 1.54) is 0 Å². The van der Waals surface area contributed by atoms with Crippen LogP contribution in [0.25, 0.3) is 5.57 Å². The van der Waals surface area contributed by atoms with Gasteiger partial charge in [0, 0.05) is 0 Å². The number of hydrogen-bond donors (Lipinski definition) is 1. The molecular weight excluding hydrogens is 232 g/mol. The fraction of sp³-hybridized carbons (Fsp3) is 0.333. The van der Waals surface area contributed by atoms with Crippen molar-refractivity contribution in [3.05, 3.63) is 65.8 Å². The zero-order valence-corrected chi connectivity index (χ0v) is 12.4. The number of benzene rings is 1. The SMILES string of the molecule is C=C(C)/C=C\C(=C/CC)c1cccc(C(C)(C)O)c1. The maximum atomic E-state index is 10.1. The first kappa shape index (κ1) is 15.5. The molecule has 0 unspecified atom stereocenters.